The molecule has 0 aromatic heterocycles. The van der Waals surface area contributed by atoms with Gasteiger partial charge in [-0.25, -0.2) is 9.18 Å². The van der Waals surface area contributed by atoms with Crippen LogP contribution < -0.4 is 10.6 Å². The summed E-state index contributed by atoms with van der Waals surface area (Å²) in [6.45, 7) is 0.417. The first-order valence-electron chi connectivity index (χ1n) is 8.12. The molecule has 0 aliphatic heterocycles. The lowest BCUT2D eigenvalue weighted by atomic mass is 10.1. The standard InChI is InChI=1S/C20H18FN3O3/c1-27-20(26)17-7-2-3-8-18(17)24-19(25)15(12-22)13-23-10-9-14-5-4-6-16(21)11-14/h2-8,11,13,23H,9-10H2,1H3,(H,24,25)/b15-13-. The van der Waals surface area contributed by atoms with E-state index in [0.717, 1.165) is 5.56 Å². The number of esters is 1. The van der Waals surface area contributed by atoms with Crippen LogP contribution in [0.25, 0.3) is 0 Å². The van der Waals surface area contributed by atoms with Gasteiger partial charge in [-0.2, -0.15) is 5.26 Å². The summed E-state index contributed by atoms with van der Waals surface area (Å²) >= 11 is 0. The van der Waals surface area contributed by atoms with Crippen molar-refractivity contribution in [3.8, 4) is 6.07 Å². The first kappa shape index (κ1) is 19.7. The highest BCUT2D eigenvalue weighted by atomic mass is 19.1. The number of anilines is 1. The molecule has 0 fully saturated rings. The van der Waals surface area contributed by atoms with E-state index < -0.39 is 11.9 Å². The molecule has 0 saturated heterocycles. The van der Waals surface area contributed by atoms with Gasteiger partial charge in [-0.1, -0.05) is 24.3 Å². The third kappa shape index (κ3) is 5.68. The molecule has 2 aromatic rings. The minimum absolute atomic E-state index is 0.158. The maximum absolute atomic E-state index is 13.1. The van der Waals surface area contributed by atoms with Gasteiger partial charge >= 0.3 is 5.97 Å². The van der Waals surface area contributed by atoms with Gasteiger partial charge in [-0.15, -0.1) is 0 Å². The third-order valence-corrected chi connectivity index (χ3v) is 3.64. The molecule has 2 rings (SSSR count). The van der Waals surface area contributed by atoms with Gasteiger partial charge in [0.25, 0.3) is 5.91 Å². The molecule has 0 heterocycles. The number of nitrogens with zero attached hydrogens (tertiary/aromatic N) is 1. The maximum Gasteiger partial charge on any atom is 0.339 e. The number of amides is 1. The van der Waals surface area contributed by atoms with Gasteiger partial charge in [-0.3, -0.25) is 4.79 Å². The normalized spacial score (nSPS) is 10.6. The molecule has 0 atom stereocenters. The van der Waals surface area contributed by atoms with Crippen molar-refractivity contribution in [1.82, 2.24) is 5.32 Å². The summed E-state index contributed by atoms with van der Waals surface area (Å²) in [4.78, 5) is 24.0. The zero-order valence-electron chi connectivity index (χ0n) is 14.7. The van der Waals surface area contributed by atoms with Crippen molar-refractivity contribution in [2.75, 3.05) is 19.0 Å². The van der Waals surface area contributed by atoms with Gasteiger partial charge in [0.15, 0.2) is 0 Å². The summed E-state index contributed by atoms with van der Waals surface area (Å²) in [5, 5.41) is 14.6. The minimum Gasteiger partial charge on any atom is -0.465 e. The molecule has 0 radical (unpaired) electrons. The molecule has 27 heavy (non-hydrogen) atoms. The van der Waals surface area contributed by atoms with E-state index in [1.807, 2.05) is 0 Å². The molecule has 0 aliphatic rings. The third-order valence-electron chi connectivity index (χ3n) is 3.64. The van der Waals surface area contributed by atoms with E-state index in [2.05, 4.69) is 15.4 Å². The molecular formula is C20H18FN3O3. The molecule has 6 nitrogen and oxygen atoms in total. The molecule has 0 unspecified atom stereocenters. The molecule has 0 aliphatic carbocycles. The maximum atomic E-state index is 13.1. The van der Waals surface area contributed by atoms with Gasteiger partial charge in [0.2, 0.25) is 0 Å². The van der Waals surface area contributed by atoms with Crippen molar-refractivity contribution in [2.24, 2.45) is 0 Å². The molecule has 0 bridgehead atoms. The monoisotopic (exact) mass is 367 g/mol. The lowest BCUT2D eigenvalue weighted by Gasteiger charge is -2.09. The van der Waals surface area contributed by atoms with E-state index in [0.29, 0.717) is 13.0 Å². The minimum atomic E-state index is -0.660. The number of benzene rings is 2. The van der Waals surface area contributed by atoms with Crippen LogP contribution in [0, 0.1) is 17.1 Å². The Bertz CT molecular complexity index is 903. The first-order valence-corrected chi connectivity index (χ1v) is 8.12. The molecule has 2 aromatic carbocycles. The molecule has 138 valence electrons. The fourth-order valence-corrected chi connectivity index (χ4v) is 2.30. The van der Waals surface area contributed by atoms with Crippen molar-refractivity contribution in [3.05, 3.63) is 77.2 Å². The van der Waals surface area contributed by atoms with E-state index >= 15 is 0 Å². The van der Waals surface area contributed by atoms with E-state index in [9.17, 15) is 19.2 Å². The summed E-state index contributed by atoms with van der Waals surface area (Å²) in [7, 11) is 1.24. The Morgan fingerprint density at radius 3 is 2.70 bits per heavy atom. The number of ether oxygens (including phenoxy) is 1. The van der Waals surface area contributed by atoms with Gasteiger partial charge < -0.3 is 15.4 Å². The second-order valence-corrected chi connectivity index (χ2v) is 5.50. The molecule has 2 N–H and O–H groups in total. The second kappa shape index (κ2) is 9.73. The van der Waals surface area contributed by atoms with Crippen molar-refractivity contribution in [1.29, 1.82) is 5.26 Å². The summed E-state index contributed by atoms with van der Waals surface area (Å²) in [5.41, 5.74) is 1.07. The van der Waals surface area contributed by atoms with Crippen LogP contribution >= 0.6 is 0 Å². The summed E-state index contributed by atoms with van der Waals surface area (Å²) in [5.74, 6) is -1.57. The SMILES string of the molecule is COC(=O)c1ccccc1NC(=O)/C(C#N)=C\NCCc1cccc(F)c1. The van der Waals surface area contributed by atoms with Gasteiger partial charge in [0.05, 0.1) is 18.4 Å². The number of hydrogen-bond acceptors (Lipinski definition) is 5. The average molecular weight is 367 g/mol. The summed E-state index contributed by atoms with van der Waals surface area (Å²) < 4.78 is 17.8. The number of carbonyl (C=O) groups excluding carboxylic acids is 2. The largest absolute Gasteiger partial charge is 0.465 e. The number of nitrogens with one attached hydrogen (secondary N) is 2. The van der Waals surface area contributed by atoms with E-state index in [-0.39, 0.29) is 22.6 Å². The fraction of sp³-hybridized carbons (Fsp3) is 0.150. The zero-order chi connectivity index (χ0) is 19.6. The van der Waals surface area contributed by atoms with E-state index in [1.165, 1.54) is 37.6 Å². The number of halogens is 1. The Morgan fingerprint density at radius 1 is 1.22 bits per heavy atom. The van der Waals surface area contributed by atoms with E-state index in [1.54, 1.807) is 30.3 Å². The smallest absolute Gasteiger partial charge is 0.339 e. The number of rotatable bonds is 7. The number of nitriles is 1. The average Bonchev–Trinajstić information content (AvgIpc) is 2.68. The van der Waals surface area contributed by atoms with E-state index in [4.69, 9.17) is 0 Å². The Kier molecular flexibility index (Phi) is 7.08. The number of carbonyl (C=O) groups is 2. The van der Waals surface area contributed by atoms with Crippen LogP contribution in [0.2, 0.25) is 0 Å². The van der Waals surface area contributed by atoms with Crippen molar-refractivity contribution in [3.63, 3.8) is 0 Å². The number of para-hydroxylation sites is 1. The fourth-order valence-electron chi connectivity index (χ4n) is 2.30. The summed E-state index contributed by atoms with van der Waals surface area (Å²) in [6, 6.07) is 14.3. The first-order chi connectivity index (χ1) is 13.0. The molecule has 7 heteroatoms. The zero-order valence-corrected chi connectivity index (χ0v) is 14.7. The van der Waals surface area contributed by atoms with Gasteiger partial charge in [-0.05, 0) is 36.2 Å². The van der Waals surface area contributed by atoms with Crippen molar-refractivity contribution >= 4 is 17.6 Å². The predicted molar refractivity (Wildman–Crippen MR) is 98.2 cm³/mol. The van der Waals surface area contributed by atoms with Crippen LogP contribution in [-0.4, -0.2) is 25.5 Å². The van der Waals surface area contributed by atoms with Crippen LogP contribution in [0.1, 0.15) is 15.9 Å². The number of methoxy groups -OCH3 is 1. The Hall–Kier alpha value is -3.66. The lowest BCUT2D eigenvalue weighted by molar-refractivity contribution is -0.112. The lowest BCUT2D eigenvalue weighted by Crippen LogP contribution is -2.19. The molecule has 0 spiro atoms. The van der Waals surface area contributed by atoms with Gasteiger partial charge in [0.1, 0.15) is 17.5 Å². The van der Waals surface area contributed by atoms with Crippen LogP contribution in [0.3, 0.4) is 0 Å². The Morgan fingerprint density at radius 2 is 2.00 bits per heavy atom. The Labute approximate surface area is 156 Å². The van der Waals surface area contributed by atoms with Crippen LogP contribution in [0.4, 0.5) is 10.1 Å². The highest BCUT2D eigenvalue weighted by Gasteiger charge is 2.15. The van der Waals surface area contributed by atoms with Crippen molar-refractivity contribution in [2.45, 2.75) is 6.42 Å². The highest BCUT2D eigenvalue weighted by Crippen LogP contribution is 2.16. The quantitative estimate of drug-likeness (QED) is 0.340. The summed E-state index contributed by atoms with van der Waals surface area (Å²) in [6.07, 6.45) is 1.81. The van der Waals surface area contributed by atoms with Crippen LogP contribution in [-0.2, 0) is 16.0 Å². The molecule has 1 amide bonds. The van der Waals surface area contributed by atoms with Crippen molar-refractivity contribution < 1.29 is 18.7 Å². The predicted octanol–water partition coefficient (Wildman–Crippen LogP) is 2.79. The highest BCUT2D eigenvalue weighted by molar-refractivity contribution is 6.09. The molecule has 0 saturated carbocycles. The van der Waals surface area contributed by atoms with Gasteiger partial charge in [0, 0.05) is 12.7 Å². The number of hydrogen-bond donors (Lipinski definition) is 2. The Balaban J connectivity index is 1.98. The molecular weight excluding hydrogens is 349 g/mol. The second-order valence-electron chi connectivity index (χ2n) is 5.50. The van der Waals surface area contributed by atoms with Crippen LogP contribution in [0.15, 0.2) is 60.3 Å². The van der Waals surface area contributed by atoms with Crippen LogP contribution in [0.5, 0.6) is 0 Å². The topological polar surface area (TPSA) is 91.2 Å².